The Morgan fingerprint density at radius 3 is 2.76 bits per heavy atom. The number of thiazole rings is 1. The normalized spacial score (nSPS) is 11.5. The van der Waals surface area contributed by atoms with Gasteiger partial charge in [0.2, 0.25) is 10.2 Å². The van der Waals surface area contributed by atoms with Crippen LogP contribution in [0.25, 0.3) is 10.2 Å². The molecule has 2 heterocycles. The first-order valence-electron chi connectivity index (χ1n) is 11.4. The summed E-state index contributed by atoms with van der Waals surface area (Å²) in [5.41, 5.74) is 1.84. The molecule has 0 saturated carbocycles. The number of hydrogen-bond donors (Lipinski definition) is 2. The van der Waals surface area contributed by atoms with Crippen molar-refractivity contribution in [3.8, 4) is 11.5 Å². The summed E-state index contributed by atoms with van der Waals surface area (Å²) in [5, 5.41) is 15.8. The number of nitrogens with two attached hydrogens (primary N) is 1. The van der Waals surface area contributed by atoms with Crippen LogP contribution in [0, 0.1) is 0 Å². The number of sulfonamides is 1. The minimum absolute atomic E-state index is 0.00623. The van der Waals surface area contributed by atoms with Gasteiger partial charge in [0.15, 0.2) is 0 Å². The number of hydrogen-bond acceptors (Lipinski definition) is 10. The van der Waals surface area contributed by atoms with Crippen LogP contribution in [-0.4, -0.2) is 60.7 Å². The van der Waals surface area contributed by atoms with Gasteiger partial charge in [-0.2, -0.15) is 0 Å². The molecule has 2 aromatic carbocycles. The molecule has 0 saturated heterocycles. The van der Waals surface area contributed by atoms with Crippen LogP contribution in [0.5, 0.6) is 11.5 Å². The number of fused-ring (bicyclic) bond motifs is 1. The highest BCUT2D eigenvalue weighted by molar-refractivity contribution is 7.91. The number of aromatic nitrogens is 4. The average Bonchev–Trinajstić information content (AvgIpc) is 3.53. The van der Waals surface area contributed by atoms with Crippen molar-refractivity contribution in [2.45, 2.75) is 24.1 Å². The molecule has 0 fully saturated rings. The smallest absolute Gasteiger partial charge is 0.265 e. The molecule has 4 rings (SSSR count). The second-order valence-corrected chi connectivity index (χ2v) is 10.7. The Hall–Kier alpha value is -3.66. The Bertz CT molecular complexity index is 1490. The summed E-state index contributed by atoms with van der Waals surface area (Å²) in [5.74, 6) is 0.788. The maximum Gasteiger partial charge on any atom is 0.265 e. The zero-order valence-corrected chi connectivity index (χ0v) is 21.7. The van der Waals surface area contributed by atoms with Crippen LogP contribution < -0.4 is 19.9 Å². The number of ether oxygens (including phenoxy) is 3. The lowest BCUT2D eigenvalue weighted by Gasteiger charge is -2.08. The summed E-state index contributed by atoms with van der Waals surface area (Å²) in [7, 11) is -3.87. The van der Waals surface area contributed by atoms with Gasteiger partial charge in [-0.1, -0.05) is 17.3 Å². The number of rotatable bonds is 14. The predicted octanol–water partition coefficient (Wildman–Crippen LogP) is 1.80. The molecular formula is C23H25FN6O6S2. The Labute approximate surface area is 221 Å². The highest BCUT2D eigenvalue weighted by atomic mass is 32.2. The number of nitrogens with one attached hydrogen (secondary N) is 1. The first-order chi connectivity index (χ1) is 18.3. The summed E-state index contributed by atoms with van der Waals surface area (Å²) in [4.78, 5) is 16.2. The number of primary sulfonamides is 1. The minimum atomic E-state index is -3.87. The van der Waals surface area contributed by atoms with Gasteiger partial charge in [-0.25, -0.2) is 27.6 Å². The van der Waals surface area contributed by atoms with Gasteiger partial charge in [-0.3, -0.25) is 4.79 Å². The van der Waals surface area contributed by atoms with Crippen molar-refractivity contribution in [2.75, 3.05) is 26.4 Å². The van der Waals surface area contributed by atoms with Crippen molar-refractivity contribution in [1.29, 1.82) is 0 Å². The fourth-order valence-electron chi connectivity index (χ4n) is 3.27. The molecule has 0 spiro atoms. The molecule has 0 unspecified atom stereocenters. The van der Waals surface area contributed by atoms with Crippen LogP contribution in [-0.2, 0) is 39.3 Å². The third-order valence-electron chi connectivity index (χ3n) is 4.94. The van der Waals surface area contributed by atoms with E-state index < -0.39 is 16.7 Å². The fourth-order valence-corrected chi connectivity index (χ4v) is 4.91. The lowest BCUT2D eigenvalue weighted by atomic mass is 10.2. The summed E-state index contributed by atoms with van der Waals surface area (Å²) in [6.07, 6.45) is 1.59. The first kappa shape index (κ1) is 27.4. The minimum Gasteiger partial charge on any atom is -0.491 e. The van der Waals surface area contributed by atoms with E-state index >= 15 is 0 Å². The fraction of sp³-hybridized carbons (Fsp3) is 0.304. The van der Waals surface area contributed by atoms with Crippen LogP contribution in [0.4, 0.5) is 4.39 Å². The number of alkyl halides is 1. The van der Waals surface area contributed by atoms with Gasteiger partial charge < -0.3 is 19.5 Å². The first-order valence-corrected chi connectivity index (χ1v) is 13.7. The molecule has 0 aliphatic rings. The summed E-state index contributed by atoms with van der Waals surface area (Å²) >= 11 is 0.980. The zero-order chi connectivity index (χ0) is 27.0. The van der Waals surface area contributed by atoms with Crippen molar-refractivity contribution < 1.29 is 31.8 Å². The monoisotopic (exact) mass is 564 g/mol. The molecule has 0 aliphatic heterocycles. The van der Waals surface area contributed by atoms with Crippen LogP contribution in [0.2, 0.25) is 0 Å². The number of carbonyl (C=O) groups is 1. The van der Waals surface area contributed by atoms with E-state index in [0.29, 0.717) is 47.2 Å². The predicted molar refractivity (Wildman–Crippen MR) is 136 cm³/mol. The van der Waals surface area contributed by atoms with E-state index in [1.54, 1.807) is 42.6 Å². The summed E-state index contributed by atoms with van der Waals surface area (Å²) < 4.78 is 53.6. The Morgan fingerprint density at radius 1 is 1.11 bits per heavy atom. The summed E-state index contributed by atoms with van der Waals surface area (Å²) in [6.45, 7) is 0.468. The quantitative estimate of drug-likeness (QED) is 0.218. The Morgan fingerprint density at radius 2 is 1.95 bits per heavy atom. The molecule has 38 heavy (non-hydrogen) atoms. The van der Waals surface area contributed by atoms with Crippen molar-refractivity contribution in [3.63, 3.8) is 0 Å². The molecule has 0 bridgehead atoms. The van der Waals surface area contributed by atoms with E-state index in [9.17, 15) is 17.6 Å². The third kappa shape index (κ3) is 7.92. The topological polar surface area (TPSA) is 161 Å². The highest BCUT2D eigenvalue weighted by Crippen LogP contribution is 2.28. The largest absolute Gasteiger partial charge is 0.491 e. The maximum absolute atomic E-state index is 12.2. The molecule has 1 amide bonds. The van der Waals surface area contributed by atoms with Gasteiger partial charge in [0.25, 0.3) is 10.0 Å². The van der Waals surface area contributed by atoms with E-state index in [1.807, 2.05) is 6.07 Å². The van der Waals surface area contributed by atoms with Gasteiger partial charge in [-0.05, 0) is 29.8 Å². The molecule has 2 aromatic heterocycles. The molecule has 3 N–H and O–H groups in total. The molecule has 15 heteroatoms. The number of benzene rings is 2. The molecule has 0 aliphatic carbocycles. The number of nitrogens with zero attached hydrogens (tertiary/aromatic N) is 4. The summed E-state index contributed by atoms with van der Waals surface area (Å²) in [6, 6.07) is 12.2. The van der Waals surface area contributed by atoms with Crippen LogP contribution in [0.15, 0.2) is 53.0 Å². The molecule has 4 aromatic rings. The van der Waals surface area contributed by atoms with Gasteiger partial charge >= 0.3 is 0 Å². The van der Waals surface area contributed by atoms with Gasteiger partial charge in [-0.15, -0.1) is 16.4 Å². The van der Waals surface area contributed by atoms with Crippen molar-refractivity contribution in [2.24, 2.45) is 5.14 Å². The van der Waals surface area contributed by atoms with Crippen molar-refractivity contribution >= 4 is 37.5 Å². The molecule has 0 atom stereocenters. The molecular weight excluding hydrogens is 539 g/mol. The highest BCUT2D eigenvalue weighted by Gasteiger charge is 2.15. The number of amides is 1. The van der Waals surface area contributed by atoms with E-state index in [1.165, 1.54) is 4.68 Å². The van der Waals surface area contributed by atoms with Crippen LogP contribution >= 0.6 is 11.3 Å². The second-order valence-electron chi connectivity index (χ2n) is 7.94. The van der Waals surface area contributed by atoms with Gasteiger partial charge in [0.05, 0.1) is 29.6 Å². The lowest BCUT2D eigenvalue weighted by molar-refractivity contribution is -0.122. The molecule has 12 nitrogen and oxygen atoms in total. The lowest BCUT2D eigenvalue weighted by Crippen LogP contribution is -2.30. The number of halogens is 1. The third-order valence-corrected chi connectivity index (χ3v) is 7.30. The van der Waals surface area contributed by atoms with Crippen molar-refractivity contribution in [1.82, 2.24) is 25.3 Å². The Kier molecular flexibility index (Phi) is 9.17. The van der Waals surface area contributed by atoms with Crippen LogP contribution in [0.3, 0.4) is 0 Å². The van der Waals surface area contributed by atoms with E-state index in [4.69, 9.17) is 19.3 Å². The standard InChI is InChI=1S/C23H25FN6O6S2/c24-6-8-35-18-3-1-2-16(10-18)14-34-9-7-26-22(31)13-30-12-17(28-29-30)15-36-19-4-5-21-20(11-19)27-23(37-21)38(25,32)33/h1-5,10-12H,6-9,13-15H2,(H,26,31)(H2,25,32,33). The van der Waals surface area contributed by atoms with E-state index in [2.05, 4.69) is 20.6 Å². The average molecular weight is 565 g/mol. The zero-order valence-electron chi connectivity index (χ0n) is 20.1. The van der Waals surface area contributed by atoms with Crippen LogP contribution in [0.1, 0.15) is 11.3 Å². The molecule has 202 valence electrons. The Balaban J connectivity index is 1.17. The SMILES string of the molecule is NS(=O)(=O)c1nc2cc(OCc3cn(CC(=O)NCCOCc4cccc(OCCF)c4)nn3)ccc2s1. The number of carbonyl (C=O) groups excluding carboxylic acids is 1. The second kappa shape index (κ2) is 12.7. The van der Waals surface area contributed by atoms with Gasteiger partial charge in [0.1, 0.15) is 43.6 Å². The van der Waals surface area contributed by atoms with Crippen molar-refractivity contribution in [3.05, 3.63) is 59.9 Å². The van der Waals surface area contributed by atoms with Gasteiger partial charge in [0, 0.05) is 12.6 Å². The molecule has 0 radical (unpaired) electrons. The van der Waals surface area contributed by atoms with E-state index in [-0.39, 0.29) is 30.0 Å². The maximum atomic E-state index is 12.2. The van der Waals surface area contributed by atoms with E-state index in [0.717, 1.165) is 16.9 Å².